The van der Waals surface area contributed by atoms with E-state index < -0.39 is 0 Å². The van der Waals surface area contributed by atoms with Gasteiger partial charge in [-0.05, 0) is 57.5 Å². The van der Waals surface area contributed by atoms with Crippen molar-refractivity contribution in [1.82, 2.24) is 10.2 Å². The summed E-state index contributed by atoms with van der Waals surface area (Å²) in [6.45, 7) is 3.43. The SMILES string of the molecule is CCNC(CC1CCCC1)C1CC2CCC(C1)N2C. The first kappa shape index (κ1) is 13.9. The van der Waals surface area contributed by atoms with Gasteiger partial charge in [-0.1, -0.05) is 32.6 Å². The summed E-state index contributed by atoms with van der Waals surface area (Å²) in [4.78, 5) is 2.68. The van der Waals surface area contributed by atoms with Crippen molar-refractivity contribution in [3.8, 4) is 0 Å². The highest BCUT2D eigenvalue weighted by atomic mass is 15.2. The number of rotatable bonds is 5. The first-order valence-electron chi connectivity index (χ1n) is 8.73. The average Bonchev–Trinajstić information content (AvgIpc) is 2.95. The van der Waals surface area contributed by atoms with Gasteiger partial charge in [-0.15, -0.1) is 0 Å². The molecule has 2 nitrogen and oxygen atoms in total. The lowest BCUT2D eigenvalue weighted by atomic mass is 9.81. The van der Waals surface area contributed by atoms with E-state index in [1.54, 1.807) is 0 Å². The molecule has 2 saturated heterocycles. The Bertz CT molecular complexity index is 271. The second kappa shape index (κ2) is 6.13. The molecule has 3 unspecified atom stereocenters. The fourth-order valence-corrected chi connectivity index (χ4v) is 5.09. The van der Waals surface area contributed by atoms with Crippen molar-refractivity contribution in [2.45, 2.75) is 82.8 Å². The molecule has 0 aromatic rings. The highest BCUT2D eigenvalue weighted by molar-refractivity contribution is 4.97. The van der Waals surface area contributed by atoms with Crippen LogP contribution in [-0.4, -0.2) is 36.6 Å². The zero-order chi connectivity index (χ0) is 13.2. The number of piperidine rings is 1. The molecule has 110 valence electrons. The van der Waals surface area contributed by atoms with Crippen molar-refractivity contribution in [3.05, 3.63) is 0 Å². The predicted molar refractivity (Wildman–Crippen MR) is 81.3 cm³/mol. The van der Waals surface area contributed by atoms with Crippen molar-refractivity contribution < 1.29 is 0 Å². The summed E-state index contributed by atoms with van der Waals surface area (Å²) >= 11 is 0. The molecule has 19 heavy (non-hydrogen) atoms. The molecule has 0 radical (unpaired) electrons. The first-order chi connectivity index (χ1) is 9.28. The van der Waals surface area contributed by atoms with E-state index in [1.807, 2.05) is 0 Å². The summed E-state index contributed by atoms with van der Waals surface area (Å²) < 4.78 is 0. The van der Waals surface area contributed by atoms with Crippen LogP contribution in [0.1, 0.15) is 64.7 Å². The van der Waals surface area contributed by atoms with Crippen molar-refractivity contribution in [2.24, 2.45) is 11.8 Å². The van der Waals surface area contributed by atoms with Crippen molar-refractivity contribution >= 4 is 0 Å². The van der Waals surface area contributed by atoms with Crippen LogP contribution in [0.5, 0.6) is 0 Å². The Morgan fingerprint density at radius 2 is 1.68 bits per heavy atom. The molecule has 1 aliphatic carbocycles. The number of fused-ring (bicyclic) bond motifs is 2. The monoisotopic (exact) mass is 264 g/mol. The van der Waals surface area contributed by atoms with Crippen molar-refractivity contribution in [1.29, 1.82) is 0 Å². The summed E-state index contributed by atoms with van der Waals surface area (Å²) in [6, 6.07) is 2.60. The van der Waals surface area contributed by atoms with Crippen LogP contribution >= 0.6 is 0 Å². The minimum atomic E-state index is 0.810. The van der Waals surface area contributed by atoms with Gasteiger partial charge in [0.05, 0.1) is 0 Å². The van der Waals surface area contributed by atoms with Gasteiger partial charge in [-0.2, -0.15) is 0 Å². The van der Waals surface area contributed by atoms with Gasteiger partial charge in [0.1, 0.15) is 0 Å². The van der Waals surface area contributed by atoms with E-state index in [0.717, 1.165) is 36.5 Å². The number of nitrogens with one attached hydrogen (secondary N) is 1. The Balaban J connectivity index is 1.60. The summed E-state index contributed by atoms with van der Waals surface area (Å²) in [6.07, 6.45) is 13.3. The van der Waals surface area contributed by atoms with E-state index in [-0.39, 0.29) is 0 Å². The topological polar surface area (TPSA) is 15.3 Å². The van der Waals surface area contributed by atoms with E-state index >= 15 is 0 Å². The smallest absolute Gasteiger partial charge is 0.00990 e. The molecule has 2 aliphatic heterocycles. The van der Waals surface area contributed by atoms with Crippen LogP contribution in [0.15, 0.2) is 0 Å². The van der Waals surface area contributed by atoms with Crippen LogP contribution in [0, 0.1) is 11.8 Å². The van der Waals surface area contributed by atoms with Crippen molar-refractivity contribution in [3.63, 3.8) is 0 Å². The standard InChI is InChI=1S/C17H32N2/c1-3-18-17(10-13-6-4-5-7-13)14-11-15-8-9-16(12-14)19(15)2/h13-18H,3-12H2,1-2H3. The summed E-state index contributed by atoms with van der Waals surface area (Å²) in [5.74, 6) is 1.98. The highest BCUT2D eigenvalue weighted by Gasteiger charge is 2.41. The lowest BCUT2D eigenvalue weighted by Crippen LogP contribution is -2.47. The van der Waals surface area contributed by atoms with Gasteiger partial charge in [0.25, 0.3) is 0 Å². The second-order valence-electron chi connectivity index (χ2n) is 7.33. The number of hydrogen-bond donors (Lipinski definition) is 1. The van der Waals surface area contributed by atoms with Crippen LogP contribution in [0.4, 0.5) is 0 Å². The first-order valence-corrected chi connectivity index (χ1v) is 8.73. The van der Waals surface area contributed by atoms with Gasteiger partial charge in [0.15, 0.2) is 0 Å². The minimum absolute atomic E-state index is 0.810. The Labute approximate surface area is 119 Å². The van der Waals surface area contributed by atoms with Crippen LogP contribution in [0.2, 0.25) is 0 Å². The van der Waals surface area contributed by atoms with Crippen LogP contribution in [0.3, 0.4) is 0 Å². The highest BCUT2D eigenvalue weighted by Crippen LogP contribution is 2.40. The van der Waals surface area contributed by atoms with Crippen LogP contribution in [-0.2, 0) is 0 Å². The molecule has 3 rings (SSSR count). The second-order valence-corrected chi connectivity index (χ2v) is 7.33. The minimum Gasteiger partial charge on any atom is -0.314 e. The van der Waals surface area contributed by atoms with Crippen LogP contribution < -0.4 is 5.32 Å². The maximum Gasteiger partial charge on any atom is 0.00990 e. The molecule has 2 bridgehead atoms. The van der Waals surface area contributed by atoms with Gasteiger partial charge >= 0.3 is 0 Å². The van der Waals surface area contributed by atoms with Gasteiger partial charge in [0.2, 0.25) is 0 Å². The zero-order valence-corrected chi connectivity index (χ0v) is 12.9. The van der Waals surface area contributed by atoms with Gasteiger partial charge in [0, 0.05) is 18.1 Å². The summed E-state index contributed by atoms with van der Waals surface area (Å²) in [7, 11) is 2.36. The Hall–Kier alpha value is -0.0800. The summed E-state index contributed by atoms with van der Waals surface area (Å²) in [5, 5.41) is 3.84. The van der Waals surface area contributed by atoms with E-state index in [4.69, 9.17) is 0 Å². The third-order valence-electron chi connectivity index (χ3n) is 6.23. The van der Waals surface area contributed by atoms with Crippen LogP contribution in [0.25, 0.3) is 0 Å². The van der Waals surface area contributed by atoms with E-state index in [0.29, 0.717) is 0 Å². The Kier molecular flexibility index (Phi) is 4.48. The lowest BCUT2D eigenvalue weighted by Gasteiger charge is -2.40. The van der Waals surface area contributed by atoms with Crippen molar-refractivity contribution in [2.75, 3.05) is 13.6 Å². The fourth-order valence-electron chi connectivity index (χ4n) is 5.09. The molecule has 3 aliphatic rings. The maximum absolute atomic E-state index is 3.84. The number of hydrogen-bond acceptors (Lipinski definition) is 2. The molecule has 3 fully saturated rings. The Morgan fingerprint density at radius 1 is 1.05 bits per heavy atom. The maximum atomic E-state index is 3.84. The average molecular weight is 264 g/mol. The Morgan fingerprint density at radius 3 is 2.26 bits per heavy atom. The predicted octanol–water partition coefficient (Wildman–Crippen LogP) is 3.42. The molecule has 0 amide bonds. The van der Waals surface area contributed by atoms with Gasteiger partial charge < -0.3 is 10.2 Å². The quantitative estimate of drug-likeness (QED) is 0.818. The number of nitrogens with zero attached hydrogens (tertiary/aromatic N) is 1. The zero-order valence-electron chi connectivity index (χ0n) is 12.9. The molecule has 0 spiro atoms. The largest absolute Gasteiger partial charge is 0.314 e. The third-order valence-corrected chi connectivity index (χ3v) is 6.23. The molecule has 2 heterocycles. The third kappa shape index (κ3) is 3.00. The molecule has 0 aromatic heterocycles. The fraction of sp³-hybridized carbons (Fsp3) is 1.00. The van der Waals surface area contributed by atoms with E-state index in [2.05, 4.69) is 24.2 Å². The lowest BCUT2D eigenvalue weighted by molar-refractivity contribution is 0.106. The summed E-state index contributed by atoms with van der Waals surface area (Å²) in [5.41, 5.74) is 0. The molecule has 2 heteroatoms. The molecular formula is C17H32N2. The molecule has 0 aromatic carbocycles. The van der Waals surface area contributed by atoms with E-state index in [1.165, 1.54) is 57.8 Å². The van der Waals surface area contributed by atoms with E-state index in [9.17, 15) is 0 Å². The molecule has 1 N–H and O–H groups in total. The molecule has 1 saturated carbocycles. The normalized spacial score (nSPS) is 37.9. The van der Waals surface area contributed by atoms with Gasteiger partial charge in [-0.25, -0.2) is 0 Å². The molecule has 3 atom stereocenters. The molecular weight excluding hydrogens is 232 g/mol. The van der Waals surface area contributed by atoms with Gasteiger partial charge in [-0.3, -0.25) is 0 Å².